The number of carbonyl (C=O) groups is 1. The molecule has 1 aromatic heterocycles. The number of halogens is 5. The minimum atomic E-state index is -4.42. The number of hydrogen-bond acceptors (Lipinski definition) is 2. The van der Waals surface area contributed by atoms with Crippen molar-refractivity contribution in [3.05, 3.63) is 59.9 Å². The summed E-state index contributed by atoms with van der Waals surface area (Å²) in [5, 5.41) is 2.71. The summed E-state index contributed by atoms with van der Waals surface area (Å²) in [6.07, 6.45) is -1.18. The fraction of sp³-hybridized carbons (Fsp3) is 0.391. The average Bonchev–Trinajstić information content (AvgIpc) is 3.05. The van der Waals surface area contributed by atoms with Gasteiger partial charge in [-0.3, -0.25) is 4.79 Å². The third-order valence-electron chi connectivity index (χ3n) is 6.97. The Morgan fingerprint density at radius 1 is 1.09 bits per heavy atom. The molecule has 2 aromatic carbocycles. The summed E-state index contributed by atoms with van der Waals surface area (Å²) in [5.41, 5.74) is 0.531. The van der Waals surface area contributed by atoms with Gasteiger partial charge in [0, 0.05) is 29.8 Å². The molecule has 2 fully saturated rings. The molecule has 5 rings (SSSR count). The molecule has 1 unspecified atom stereocenters. The molecule has 32 heavy (non-hydrogen) atoms. The molecule has 5 atom stereocenters. The van der Waals surface area contributed by atoms with E-state index in [0.29, 0.717) is 28.6 Å². The second-order valence-electron chi connectivity index (χ2n) is 8.79. The zero-order valence-electron chi connectivity index (χ0n) is 17.0. The van der Waals surface area contributed by atoms with Crippen LogP contribution >= 0.6 is 0 Å². The molecule has 0 spiro atoms. The van der Waals surface area contributed by atoms with Gasteiger partial charge in [0.1, 0.15) is 0 Å². The number of nitrogens with one attached hydrogen (secondary N) is 1. The second-order valence-corrected chi connectivity index (χ2v) is 8.79. The number of aromatic nitrogens is 2. The smallest absolute Gasteiger partial charge is 0.327 e. The SMILES string of the molecule is CC(C(=O)Nc1ccc(C(F)(F)F)cc1)[C@H]1[C@@H]2C[C@@H](n3cnc4cc(F)c(F)cc43)C[C@@H]21. The first-order chi connectivity index (χ1) is 15.1. The standard InChI is InChI=1S/C23H20F5N3O/c1-11(22(32)30-13-4-2-12(3-5-13)23(26,27)28)21-15-6-14(7-16(15)21)31-10-29-19-8-17(24)18(25)9-20(19)31/h2-5,8-11,14-16,21H,6-7H2,1H3,(H,30,32)/t11?,14-,15-,16+,21+. The topological polar surface area (TPSA) is 46.9 Å². The summed E-state index contributed by atoms with van der Waals surface area (Å²) < 4.78 is 67.1. The van der Waals surface area contributed by atoms with E-state index >= 15 is 0 Å². The molecule has 2 aliphatic carbocycles. The second kappa shape index (κ2) is 7.28. The minimum absolute atomic E-state index is 0.112. The van der Waals surface area contributed by atoms with Crippen molar-refractivity contribution >= 4 is 22.6 Å². The van der Waals surface area contributed by atoms with Gasteiger partial charge in [-0.2, -0.15) is 13.2 Å². The molecule has 1 N–H and O–H groups in total. The predicted octanol–water partition coefficient (Wildman–Crippen LogP) is 5.81. The first-order valence-corrected chi connectivity index (χ1v) is 10.4. The van der Waals surface area contributed by atoms with Crippen molar-refractivity contribution in [2.75, 3.05) is 5.32 Å². The van der Waals surface area contributed by atoms with E-state index in [9.17, 15) is 26.7 Å². The number of hydrogen-bond donors (Lipinski definition) is 1. The predicted molar refractivity (Wildman–Crippen MR) is 108 cm³/mol. The van der Waals surface area contributed by atoms with Gasteiger partial charge in [0.05, 0.1) is 22.9 Å². The number of nitrogens with zero attached hydrogens (tertiary/aromatic N) is 2. The van der Waals surface area contributed by atoms with Crippen LogP contribution in [-0.2, 0) is 11.0 Å². The Morgan fingerprint density at radius 2 is 1.72 bits per heavy atom. The highest BCUT2D eigenvalue weighted by Crippen LogP contribution is 2.64. The Bertz CT molecular complexity index is 1170. The molecular formula is C23H20F5N3O. The summed E-state index contributed by atoms with van der Waals surface area (Å²) in [4.78, 5) is 16.8. The Morgan fingerprint density at radius 3 is 2.34 bits per heavy atom. The van der Waals surface area contributed by atoms with Gasteiger partial charge in [-0.15, -0.1) is 0 Å². The number of anilines is 1. The van der Waals surface area contributed by atoms with Crippen LogP contribution in [0.2, 0.25) is 0 Å². The van der Waals surface area contributed by atoms with E-state index in [0.717, 1.165) is 31.0 Å². The van der Waals surface area contributed by atoms with Gasteiger partial charge in [0.25, 0.3) is 0 Å². The highest BCUT2D eigenvalue weighted by molar-refractivity contribution is 5.92. The third-order valence-corrected chi connectivity index (χ3v) is 6.97. The summed E-state index contributed by atoms with van der Waals surface area (Å²) in [6.45, 7) is 1.84. The lowest BCUT2D eigenvalue weighted by molar-refractivity contribution is -0.137. The summed E-state index contributed by atoms with van der Waals surface area (Å²) >= 11 is 0. The molecule has 0 bridgehead atoms. The van der Waals surface area contributed by atoms with Gasteiger partial charge in [-0.05, 0) is 54.9 Å². The van der Waals surface area contributed by atoms with Crippen molar-refractivity contribution in [2.45, 2.75) is 32.0 Å². The van der Waals surface area contributed by atoms with E-state index in [1.807, 2.05) is 11.5 Å². The maximum atomic E-state index is 13.7. The largest absolute Gasteiger partial charge is 0.416 e. The van der Waals surface area contributed by atoms with Crippen molar-refractivity contribution in [1.29, 1.82) is 0 Å². The van der Waals surface area contributed by atoms with Gasteiger partial charge in [0.15, 0.2) is 11.6 Å². The van der Waals surface area contributed by atoms with Crippen LogP contribution in [0.1, 0.15) is 31.4 Å². The Balaban J connectivity index is 1.21. The van der Waals surface area contributed by atoms with Gasteiger partial charge < -0.3 is 9.88 Å². The van der Waals surface area contributed by atoms with Crippen LogP contribution in [0, 0.1) is 35.3 Å². The molecule has 4 nitrogen and oxygen atoms in total. The molecule has 1 amide bonds. The first-order valence-electron chi connectivity index (χ1n) is 10.4. The monoisotopic (exact) mass is 449 g/mol. The molecule has 3 aromatic rings. The zero-order valence-corrected chi connectivity index (χ0v) is 17.0. The summed E-state index contributed by atoms with van der Waals surface area (Å²) in [7, 11) is 0. The number of benzene rings is 2. The van der Waals surface area contributed by atoms with Crippen molar-refractivity contribution in [3.8, 4) is 0 Å². The van der Waals surface area contributed by atoms with Gasteiger partial charge >= 0.3 is 6.18 Å². The fourth-order valence-electron chi connectivity index (χ4n) is 5.32. The number of fused-ring (bicyclic) bond motifs is 2. The van der Waals surface area contributed by atoms with Crippen LogP contribution in [0.5, 0.6) is 0 Å². The van der Waals surface area contributed by atoms with E-state index < -0.39 is 23.4 Å². The van der Waals surface area contributed by atoms with Crippen LogP contribution in [0.4, 0.5) is 27.6 Å². The lowest BCUT2D eigenvalue weighted by Gasteiger charge is -2.20. The summed E-state index contributed by atoms with van der Waals surface area (Å²) in [5.74, 6) is -1.44. The van der Waals surface area contributed by atoms with Gasteiger partial charge in [-0.1, -0.05) is 6.92 Å². The molecule has 2 aliphatic rings. The average molecular weight is 449 g/mol. The number of alkyl halides is 3. The lowest BCUT2D eigenvalue weighted by atomic mass is 9.96. The van der Waals surface area contributed by atoms with Crippen LogP contribution < -0.4 is 5.32 Å². The van der Waals surface area contributed by atoms with Gasteiger partial charge in [0.2, 0.25) is 5.91 Å². The Hall–Kier alpha value is -2.97. The van der Waals surface area contributed by atoms with Gasteiger partial charge in [-0.25, -0.2) is 13.8 Å². The number of amides is 1. The van der Waals surface area contributed by atoms with Crippen molar-refractivity contribution in [1.82, 2.24) is 9.55 Å². The number of carbonyl (C=O) groups excluding carboxylic acids is 1. The van der Waals surface area contributed by atoms with Crippen LogP contribution in [0.25, 0.3) is 11.0 Å². The third kappa shape index (κ3) is 3.53. The fourth-order valence-corrected chi connectivity index (χ4v) is 5.32. The lowest BCUT2D eigenvalue weighted by Crippen LogP contribution is -2.24. The van der Waals surface area contributed by atoms with E-state index in [-0.39, 0.29) is 23.8 Å². The zero-order chi connectivity index (χ0) is 22.8. The molecule has 1 heterocycles. The van der Waals surface area contributed by atoms with Crippen molar-refractivity contribution in [3.63, 3.8) is 0 Å². The number of imidazole rings is 1. The molecule has 0 radical (unpaired) electrons. The maximum absolute atomic E-state index is 13.7. The minimum Gasteiger partial charge on any atom is -0.327 e. The highest BCUT2D eigenvalue weighted by atomic mass is 19.4. The van der Waals surface area contributed by atoms with Crippen LogP contribution in [-0.4, -0.2) is 15.5 Å². The van der Waals surface area contributed by atoms with Crippen molar-refractivity contribution in [2.24, 2.45) is 23.7 Å². The number of rotatable bonds is 4. The van der Waals surface area contributed by atoms with Crippen molar-refractivity contribution < 1.29 is 26.7 Å². The van der Waals surface area contributed by atoms with E-state index in [2.05, 4.69) is 10.3 Å². The molecule has 0 saturated heterocycles. The molecule has 0 aliphatic heterocycles. The van der Waals surface area contributed by atoms with E-state index in [1.54, 1.807) is 6.33 Å². The van der Waals surface area contributed by atoms with E-state index in [4.69, 9.17) is 0 Å². The molecule has 2 saturated carbocycles. The molecular weight excluding hydrogens is 429 g/mol. The summed E-state index contributed by atoms with van der Waals surface area (Å²) in [6, 6.07) is 6.77. The highest BCUT2D eigenvalue weighted by Gasteiger charge is 2.59. The van der Waals surface area contributed by atoms with Crippen LogP contribution in [0.3, 0.4) is 0 Å². The Labute approximate surface area is 180 Å². The van der Waals surface area contributed by atoms with E-state index in [1.165, 1.54) is 18.2 Å². The Kier molecular flexibility index (Phi) is 4.76. The van der Waals surface area contributed by atoms with Crippen LogP contribution in [0.15, 0.2) is 42.7 Å². The first kappa shape index (κ1) is 20.9. The maximum Gasteiger partial charge on any atom is 0.416 e. The molecule has 168 valence electrons. The molecule has 9 heteroatoms. The quantitative estimate of drug-likeness (QED) is 0.512. The normalized spacial score (nSPS) is 25.6.